The lowest BCUT2D eigenvalue weighted by atomic mass is 10.0. The highest BCUT2D eigenvalue weighted by atomic mass is 32.1. The van der Waals surface area contributed by atoms with E-state index in [9.17, 15) is 4.79 Å². The number of hydrogen-bond donors (Lipinski definition) is 1. The topological polar surface area (TPSA) is 46.3 Å². The Labute approximate surface area is 108 Å². The lowest BCUT2D eigenvalue weighted by molar-refractivity contribution is 0.0794. The van der Waals surface area contributed by atoms with E-state index in [1.165, 1.54) is 4.88 Å². The van der Waals surface area contributed by atoms with E-state index in [2.05, 4.69) is 13.8 Å². The predicted octanol–water partition coefficient (Wildman–Crippen LogP) is 2.50. The molecule has 0 aliphatic rings. The van der Waals surface area contributed by atoms with Crippen molar-refractivity contribution in [1.82, 2.24) is 4.90 Å². The van der Waals surface area contributed by atoms with Gasteiger partial charge >= 0.3 is 0 Å². The first-order valence-corrected chi connectivity index (χ1v) is 6.81. The number of rotatable bonds is 5. The van der Waals surface area contributed by atoms with Crippen LogP contribution in [0.25, 0.3) is 0 Å². The maximum atomic E-state index is 12.0. The molecule has 96 valence electrons. The second kappa shape index (κ2) is 6.17. The average molecular weight is 254 g/mol. The lowest BCUT2D eigenvalue weighted by Crippen LogP contribution is -2.34. The normalized spacial score (nSPS) is 12.8. The van der Waals surface area contributed by atoms with Crippen molar-refractivity contribution >= 4 is 17.2 Å². The molecule has 1 heterocycles. The van der Waals surface area contributed by atoms with Crippen molar-refractivity contribution in [2.75, 3.05) is 13.6 Å². The van der Waals surface area contributed by atoms with Gasteiger partial charge < -0.3 is 10.6 Å². The molecule has 0 aliphatic carbocycles. The smallest absolute Gasteiger partial charge is 0.263 e. The van der Waals surface area contributed by atoms with Crippen LogP contribution in [0.4, 0.5) is 0 Å². The predicted molar refractivity (Wildman–Crippen MR) is 73.4 cm³/mol. The minimum Gasteiger partial charge on any atom is -0.341 e. The third-order valence-corrected chi connectivity index (χ3v) is 3.94. The Morgan fingerprint density at radius 1 is 1.47 bits per heavy atom. The molecule has 0 bridgehead atoms. The number of carbonyl (C=O) groups excluding carboxylic acids is 1. The highest BCUT2D eigenvalue weighted by molar-refractivity contribution is 7.13. The Kier molecular flexibility index (Phi) is 5.15. The summed E-state index contributed by atoms with van der Waals surface area (Å²) in [6.45, 7) is 6.94. The van der Waals surface area contributed by atoms with Crippen molar-refractivity contribution in [2.45, 2.75) is 33.2 Å². The molecule has 2 N–H and O–H groups in total. The van der Waals surface area contributed by atoms with E-state index >= 15 is 0 Å². The standard InChI is InChI=1S/C13H22N2OS/c1-9(2)11(14)7-8-15(4)13(16)12-6-5-10(3)17-12/h5-6,9,11H,7-8,14H2,1-4H3. The fourth-order valence-electron chi connectivity index (χ4n) is 1.52. The van der Waals surface area contributed by atoms with Crippen LogP contribution in [-0.4, -0.2) is 30.4 Å². The van der Waals surface area contributed by atoms with E-state index in [4.69, 9.17) is 5.73 Å². The van der Waals surface area contributed by atoms with Gasteiger partial charge in [-0.05, 0) is 31.4 Å². The van der Waals surface area contributed by atoms with Crippen LogP contribution in [0.2, 0.25) is 0 Å². The van der Waals surface area contributed by atoms with Crippen LogP contribution in [0, 0.1) is 12.8 Å². The van der Waals surface area contributed by atoms with Crippen LogP contribution >= 0.6 is 11.3 Å². The minimum atomic E-state index is 0.0963. The van der Waals surface area contributed by atoms with Crippen molar-refractivity contribution in [1.29, 1.82) is 0 Å². The number of hydrogen-bond acceptors (Lipinski definition) is 3. The van der Waals surface area contributed by atoms with Gasteiger partial charge in [0.1, 0.15) is 0 Å². The monoisotopic (exact) mass is 254 g/mol. The maximum absolute atomic E-state index is 12.0. The zero-order chi connectivity index (χ0) is 13.0. The Hall–Kier alpha value is -0.870. The molecule has 1 aromatic heterocycles. The molecule has 17 heavy (non-hydrogen) atoms. The van der Waals surface area contributed by atoms with Crippen LogP contribution in [0.1, 0.15) is 34.8 Å². The van der Waals surface area contributed by atoms with Crippen LogP contribution < -0.4 is 5.73 Å². The first kappa shape index (κ1) is 14.2. The molecule has 1 unspecified atom stereocenters. The van der Waals surface area contributed by atoms with Crippen molar-refractivity contribution in [3.8, 4) is 0 Å². The van der Waals surface area contributed by atoms with Gasteiger partial charge in [-0.3, -0.25) is 4.79 Å². The molecular weight excluding hydrogens is 232 g/mol. The molecule has 0 saturated heterocycles. The van der Waals surface area contributed by atoms with Gasteiger partial charge in [0.05, 0.1) is 4.88 Å². The molecule has 0 radical (unpaired) electrons. The molecular formula is C13H22N2OS. The minimum absolute atomic E-state index is 0.0963. The van der Waals surface area contributed by atoms with Gasteiger partial charge in [-0.25, -0.2) is 0 Å². The molecule has 0 saturated carbocycles. The number of amides is 1. The Bertz CT molecular complexity index is 373. The van der Waals surface area contributed by atoms with Crippen LogP contribution in [0.15, 0.2) is 12.1 Å². The summed E-state index contributed by atoms with van der Waals surface area (Å²) in [6.07, 6.45) is 0.851. The fourth-order valence-corrected chi connectivity index (χ4v) is 2.38. The van der Waals surface area contributed by atoms with E-state index in [0.29, 0.717) is 5.92 Å². The second-order valence-corrected chi connectivity index (χ2v) is 6.12. The van der Waals surface area contributed by atoms with Crippen LogP contribution in [0.5, 0.6) is 0 Å². The molecule has 0 aromatic carbocycles. The van der Waals surface area contributed by atoms with E-state index < -0.39 is 0 Å². The maximum Gasteiger partial charge on any atom is 0.263 e. The molecule has 0 spiro atoms. The van der Waals surface area contributed by atoms with Gasteiger partial charge in [0.15, 0.2) is 0 Å². The van der Waals surface area contributed by atoms with Gasteiger partial charge in [-0.2, -0.15) is 0 Å². The van der Waals surface area contributed by atoms with E-state index in [1.807, 2.05) is 26.1 Å². The molecule has 1 atom stereocenters. The van der Waals surface area contributed by atoms with Crippen molar-refractivity contribution in [3.05, 3.63) is 21.9 Å². The number of nitrogens with zero attached hydrogens (tertiary/aromatic N) is 1. The summed E-state index contributed by atoms with van der Waals surface area (Å²) in [5.41, 5.74) is 5.97. The van der Waals surface area contributed by atoms with E-state index in [-0.39, 0.29) is 11.9 Å². The molecule has 3 nitrogen and oxygen atoms in total. The Morgan fingerprint density at radius 3 is 2.59 bits per heavy atom. The summed E-state index contributed by atoms with van der Waals surface area (Å²) in [7, 11) is 1.84. The second-order valence-electron chi connectivity index (χ2n) is 4.83. The molecule has 0 fully saturated rings. The van der Waals surface area contributed by atoms with Crippen LogP contribution in [-0.2, 0) is 0 Å². The summed E-state index contributed by atoms with van der Waals surface area (Å²) < 4.78 is 0. The van der Waals surface area contributed by atoms with Gasteiger partial charge in [0.2, 0.25) is 0 Å². The summed E-state index contributed by atoms with van der Waals surface area (Å²) in [6, 6.07) is 4.03. The summed E-state index contributed by atoms with van der Waals surface area (Å²) in [5.74, 6) is 0.557. The Morgan fingerprint density at radius 2 is 2.12 bits per heavy atom. The summed E-state index contributed by atoms with van der Waals surface area (Å²) >= 11 is 1.54. The first-order valence-electron chi connectivity index (χ1n) is 5.99. The fraction of sp³-hybridized carbons (Fsp3) is 0.615. The van der Waals surface area contributed by atoms with Crippen LogP contribution in [0.3, 0.4) is 0 Å². The SMILES string of the molecule is Cc1ccc(C(=O)N(C)CCC(N)C(C)C)s1. The zero-order valence-electron chi connectivity index (χ0n) is 11.1. The number of carbonyl (C=O) groups is 1. The van der Waals surface area contributed by atoms with Gasteiger partial charge in [-0.1, -0.05) is 13.8 Å². The quantitative estimate of drug-likeness (QED) is 0.877. The molecule has 1 amide bonds. The molecule has 4 heteroatoms. The highest BCUT2D eigenvalue weighted by Crippen LogP contribution is 2.17. The summed E-state index contributed by atoms with van der Waals surface area (Å²) in [4.78, 5) is 15.8. The van der Waals surface area contributed by atoms with Gasteiger partial charge in [0, 0.05) is 24.5 Å². The first-order chi connectivity index (χ1) is 7.91. The number of thiophene rings is 1. The third-order valence-electron chi connectivity index (χ3n) is 2.95. The van der Waals surface area contributed by atoms with E-state index in [0.717, 1.165) is 17.8 Å². The van der Waals surface area contributed by atoms with Crippen molar-refractivity contribution in [2.24, 2.45) is 11.7 Å². The molecule has 1 aromatic rings. The number of nitrogens with two attached hydrogens (primary N) is 1. The van der Waals surface area contributed by atoms with E-state index in [1.54, 1.807) is 16.2 Å². The third kappa shape index (κ3) is 4.13. The molecule has 1 rings (SSSR count). The van der Waals surface area contributed by atoms with Gasteiger partial charge in [-0.15, -0.1) is 11.3 Å². The average Bonchev–Trinajstić information content (AvgIpc) is 2.70. The lowest BCUT2D eigenvalue weighted by Gasteiger charge is -2.21. The van der Waals surface area contributed by atoms with Crippen molar-refractivity contribution in [3.63, 3.8) is 0 Å². The summed E-state index contributed by atoms with van der Waals surface area (Å²) in [5, 5.41) is 0. The highest BCUT2D eigenvalue weighted by Gasteiger charge is 2.15. The van der Waals surface area contributed by atoms with Crippen molar-refractivity contribution < 1.29 is 4.79 Å². The van der Waals surface area contributed by atoms with Gasteiger partial charge in [0.25, 0.3) is 5.91 Å². The molecule has 0 aliphatic heterocycles. The number of aryl methyl sites for hydroxylation is 1. The largest absolute Gasteiger partial charge is 0.341 e. The Balaban J connectivity index is 2.48. The zero-order valence-corrected chi connectivity index (χ0v) is 11.9.